The molecule has 1 saturated carbocycles. The second kappa shape index (κ2) is 4.68. The molecule has 1 aliphatic carbocycles. The Kier molecular flexibility index (Phi) is 2.79. The van der Waals surface area contributed by atoms with E-state index < -0.39 is 5.91 Å². The van der Waals surface area contributed by atoms with E-state index in [1.54, 1.807) is 28.3 Å². The monoisotopic (exact) mass is 302 g/mol. The fraction of sp³-hybridized carbons (Fsp3) is 0.308. The van der Waals surface area contributed by atoms with E-state index in [-0.39, 0.29) is 5.69 Å². The first-order valence-corrected chi connectivity index (χ1v) is 7.64. The van der Waals surface area contributed by atoms with Crippen LogP contribution in [0.4, 0.5) is 0 Å². The van der Waals surface area contributed by atoms with E-state index in [2.05, 4.69) is 19.8 Å². The molecule has 21 heavy (non-hydrogen) atoms. The summed E-state index contributed by atoms with van der Waals surface area (Å²) in [5.74, 6) is 0.204. The summed E-state index contributed by atoms with van der Waals surface area (Å²) in [6, 6.07) is 2.22. The highest BCUT2D eigenvalue weighted by Gasteiger charge is 2.23. The number of hydrogen-bond acceptors (Lipinski definition) is 5. The lowest BCUT2D eigenvalue weighted by molar-refractivity contribution is 0.0995. The molecule has 108 valence electrons. The summed E-state index contributed by atoms with van der Waals surface area (Å²) in [6.45, 7) is 0.726. The van der Waals surface area contributed by atoms with E-state index in [1.165, 1.54) is 12.8 Å². The Balaban J connectivity index is 1.76. The molecule has 0 bridgehead atoms. The number of nitrogens with one attached hydrogen (secondary N) is 1. The lowest BCUT2D eigenvalue weighted by Crippen LogP contribution is -2.18. The Morgan fingerprint density at radius 2 is 2.33 bits per heavy atom. The van der Waals surface area contributed by atoms with Crippen LogP contribution in [-0.2, 0) is 6.54 Å². The minimum Gasteiger partial charge on any atom is -0.364 e. The highest BCUT2D eigenvalue weighted by molar-refractivity contribution is 7.15. The summed E-state index contributed by atoms with van der Waals surface area (Å²) in [5, 5.41) is 9.70. The Morgan fingerprint density at radius 1 is 1.48 bits per heavy atom. The molecular formula is C13H14N6OS. The predicted octanol–water partition coefficient (Wildman–Crippen LogP) is 0.932. The number of nitrogens with zero attached hydrogens (tertiary/aromatic N) is 4. The molecular weight excluding hydrogens is 288 g/mol. The number of rotatable bonds is 5. The fourth-order valence-electron chi connectivity index (χ4n) is 2.27. The van der Waals surface area contributed by atoms with Gasteiger partial charge in [-0.3, -0.25) is 9.20 Å². The number of carbonyl (C=O) groups is 1. The first-order valence-electron chi connectivity index (χ1n) is 6.76. The van der Waals surface area contributed by atoms with Crippen molar-refractivity contribution in [1.29, 1.82) is 0 Å². The maximum Gasteiger partial charge on any atom is 0.269 e. The summed E-state index contributed by atoms with van der Waals surface area (Å²) < 4.78 is 3.67. The van der Waals surface area contributed by atoms with E-state index in [9.17, 15) is 4.79 Å². The van der Waals surface area contributed by atoms with Gasteiger partial charge in [0.05, 0.1) is 5.69 Å². The van der Waals surface area contributed by atoms with Gasteiger partial charge in [-0.25, -0.2) is 4.68 Å². The Morgan fingerprint density at radius 3 is 3.05 bits per heavy atom. The van der Waals surface area contributed by atoms with Crippen LogP contribution >= 0.6 is 11.3 Å². The standard InChI is InChI=1S/C13H14N6OS/c14-11(20)9-3-4-19(17-9)12-10(7-15-8-1-2-8)18-5-6-21-13(18)16-12/h3-6,8,15H,1-2,7H2,(H2,14,20). The maximum atomic E-state index is 11.2. The molecule has 8 heteroatoms. The van der Waals surface area contributed by atoms with Gasteiger partial charge in [-0.05, 0) is 18.9 Å². The molecule has 0 aromatic carbocycles. The minimum absolute atomic E-state index is 0.243. The van der Waals surface area contributed by atoms with E-state index in [0.717, 1.165) is 23.0 Å². The molecule has 1 fully saturated rings. The Hall–Kier alpha value is -2.19. The van der Waals surface area contributed by atoms with E-state index >= 15 is 0 Å². The molecule has 3 heterocycles. The van der Waals surface area contributed by atoms with Crippen molar-refractivity contribution in [3.63, 3.8) is 0 Å². The first kappa shape index (κ1) is 12.5. The van der Waals surface area contributed by atoms with Crippen LogP contribution in [-0.4, -0.2) is 31.1 Å². The quantitative estimate of drug-likeness (QED) is 0.733. The van der Waals surface area contributed by atoms with Crippen molar-refractivity contribution < 1.29 is 4.79 Å². The molecule has 1 amide bonds. The lowest BCUT2D eigenvalue weighted by atomic mass is 10.4. The molecule has 0 unspecified atom stereocenters. The van der Waals surface area contributed by atoms with Gasteiger partial charge in [-0.1, -0.05) is 0 Å². The van der Waals surface area contributed by atoms with Crippen molar-refractivity contribution in [3.05, 3.63) is 35.2 Å². The molecule has 0 saturated heterocycles. The molecule has 0 atom stereocenters. The number of carbonyl (C=O) groups excluding carboxylic acids is 1. The predicted molar refractivity (Wildman–Crippen MR) is 78.6 cm³/mol. The summed E-state index contributed by atoms with van der Waals surface area (Å²) >= 11 is 1.57. The zero-order valence-electron chi connectivity index (χ0n) is 11.2. The topological polar surface area (TPSA) is 90.2 Å². The Bertz CT molecular complexity index is 812. The average molecular weight is 302 g/mol. The fourth-order valence-corrected chi connectivity index (χ4v) is 3.00. The number of primary amides is 1. The van der Waals surface area contributed by atoms with Gasteiger partial charge in [-0.15, -0.1) is 11.3 Å². The number of thiazole rings is 1. The smallest absolute Gasteiger partial charge is 0.269 e. The van der Waals surface area contributed by atoms with Crippen molar-refractivity contribution in [2.75, 3.05) is 0 Å². The molecule has 7 nitrogen and oxygen atoms in total. The normalized spacial score (nSPS) is 14.9. The molecule has 4 rings (SSSR count). The second-order valence-electron chi connectivity index (χ2n) is 5.10. The van der Waals surface area contributed by atoms with Crippen molar-refractivity contribution in [1.82, 2.24) is 24.5 Å². The molecule has 3 aromatic rings. The number of amides is 1. The van der Waals surface area contributed by atoms with Crippen LogP contribution in [0.1, 0.15) is 29.0 Å². The third-order valence-electron chi connectivity index (χ3n) is 3.53. The highest BCUT2D eigenvalue weighted by atomic mass is 32.1. The van der Waals surface area contributed by atoms with Crippen molar-refractivity contribution >= 4 is 22.2 Å². The van der Waals surface area contributed by atoms with Crippen LogP contribution < -0.4 is 11.1 Å². The second-order valence-corrected chi connectivity index (χ2v) is 5.98. The van der Waals surface area contributed by atoms with Crippen LogP contribution in [0, 0.1) is 0 Å². The van der Waals surface area contributed by atoms with Crippen LogP contribution in [0.25, 0.3) is 10.8 Å². The summed E-state index contributed by atoms with van der Waals surface area (Å²) in [5.41, 5.74) is 6.54. The molecule has 1 aliphatic rings. The van der Waals surface area contributed by atoms with E-state index in [1.807, 2.05) is 11.6 Å². The minimum atomic E-state index is -0.535. The summed E-state index contributed by atoms with van der Waals surface area (Å²) in [4.78, 5) is 16.7. The van der Waals surface area contributed by atoms with Crippen molar-refractivity contribution in [3.8, 4) is 5.82 Å². The third-order valence-corrected chi connectivity index (χ3v) is 4.29. The molecule has 0 radical (unpaired) electrons. The summed E-state index contributed by atoms with van der Waals surface area (Å²) in [6.07, 6.45) is 6.18. The highest BCUT2D eigenvalue weighted by Crippen LogP contribution is 2.23. The van der Waals surface area contributed by atoms with Crippen LogP contribution in [0.15, 0.2) is 23.8 Å². The first-order chi connectivity index (χ1) is 10.2. The van der Waals surface area contributed by atoms with E-state index in [0.29, 0.717) is 6.04 Å². The van der Waals surface area contributed by atoms with Gasteiger partial charge in [0.25, 0.3) is 5.91 Å². The van der Waals surface area contributed by atoms with Gasteiger partial charge in [0.2, 0.25) is 0 Å². The number of fused-ring (bicyclic) bond motifs is 1. The maximum absolute atomic E-state index is 11.2. The van der Waals surface area contributed by atoms with Crippen molar-refractivity contribution in [2.45, 2.75) is 25.4 Å². The van der Waals surface area contributed by atoms with Crippen molar-refractivity contribution in [2.24, 2.45) is 5.73 Å². The van der Waals surface area contributed by atoms with Crippen LogP contribution in [0.3, 0.4) is 0 Å². The molecule has 3 aromatic heterocycles. The van der Waals surface area contributed by atoms with Gasteiger partial charge in [0.1, 0.15) is 5.69 Å². The van der Waals surface area contributed by atoms with Crippen LogP contribution in [0.5, 0.6) is 0 Å². The average Bonchev–Trinajstić information content (AvgIpc) is 2.90. The molecule has 3 N–H and O–H groups in total. The van der Waals surface area contributed by atoms with Gasteiger partial charge in [-0.2, -0.15) is 10.1 Å². The number of hydrogen-bond donors (Lipinski definition) is 2. The summed E-state index contributed by atoms with van der Waals surface area (Å²) in [7, 11) is 0. The number of aromatic nitrogens is 4. The molecule has 0 spiro atoms. The van der Waals surface area contributed by atoms with Gasteiger partial charge in [0.15, 0.2) is 10.8 Å². The zero-order chi connectivity index (χ0) is 14.4. The third kappa shape index (κ3) is 2.22. The zero-order valence-corrected chi connectivity index (χ0v) is 12.0. The van der Waals surface area contributed by atoms with Gasteiger partial charge in [0, 0.05) is 30.4 Å². The number of nitrogens with two attached hydrogens (primary N) is 1. The lowest BCUT2D eigenvalue weighted by Gasteiger charge is -2.05. The van der Waals surface area contributed by atoms with E-state index in [4.69, 9.17) is 5.73 Å². The SMILES string of the molecule is NC(=O)c1ccn(-c2nc3sccn3c2CNC2CC2)n1. The largest absolute Gasteiger partial charge is 0.364 e. The van der Waals surface area contributed by atoms with Gasteiger partial charge < -0.3 is 11.1 Å². The molecule has 0 aliphatic heterocycles. The Labute approximate surface area is 124 Å². The number of imidazole rings is 1. The van der Waals surface area contributed by atoms with Gasteiger partial charge >= 0.3 is 0 Å². The van der Waals surface area contributed by atoms with Crippen LogP contribution in [0.2, 0.25) is 0 Å².